The Hall–Kier alpha value is -3.24. The lowest BCUT2D eigenvalue weighted by Crippen LogP contribution is -2.36. The topological polar surface area (TPSA) is 128 Å². The van der Waals surface area contributed by atoms with Crippen LogP contribution in [0.3, 0.4) is 0 Å². The standard InChI is InChI=1S/C25H30N2O7S/c1-33-24(29)18-14-19(25(30)34-2)16-21(15-18)26-23(28)13-10-17-8-11-22(12-9-17)35(31,32)27-20-6-4-3-5-7-20/h8-9,11-12,14-16,20,27H,3-7,10,13H2,1-2H3,(H,26,28). The molecule has 0 radical (unpaired) electrons. The van der Waals surface area contributed by atoms with Gasteiger partial charge >= 0.3 is 11.9 Å². The van der Waals surface area contributed by atoms with Crippen LogP contribution in [0.5, 0.6) is 0 Å². The van der Waals surface area contributed by atoms with Crippen molar-refractivity contribution in [2.24, 2.45) is 0 Å². The van der Waals surface area contributed by atoms with E-state index in [1.807, 2.05) is 0 Å². The fraction of sp³-hybridized carbons (Fsp3) is 0.400. The molecule has 2 N–H and O–H groups in total. The molecule has 188 valence electrons. The van der Waals surface area contributed by atoms with Gasteiger partial charge in [-0.1, -0.05) is 31.4 Å². The number of methoxy groups -OCH3 is 2. The molecule has 35 heavy (non-hydrogen) atoms. The Labute approximate surface area is 205 Å². The number of amides is 1. The minimum Gasteiger partial charge on any atom is -0.465 e. The maximum absolute atomic E-state index is 12.6. The molecule has 0 unspecified atom stereocenters. The van der Waals surface area contributed by atoms with Crippen molar-refractivity contribution in [2.45, 2.75) is 55.9 Å². The number of nitrogens with one attached hydrogen (secondary N) is 2. The maximum Gasteiger partial charge on any atom is 0.337 e. The summed E-state index contributed by atoms with van der Waals surface area (Å²) in [5.41, 5.74) is 1.26. The number of benzene rings is 2. The van der Waals surface area contributed by atoms with Gasteiger partial charge in [0.2, 0.25) is 15.9 Å². The first-order valence-corrected chi connectivity index (χ1v) is 12.9. The number of hydrogen-bond acceptors (Lipinski definition) is 7. The van der Waals surface area contributed by atoms with Crippen molar-refractivity contribution >= 4 is 33.6 Å². The predicted molar refractivity (Wildman–Crippen MR) is 130 cm³/mol. The number of rotatable bonds is 9. The van der Waals surface area contributed by atoms with Crippen LogP contribution in [-0.2, 0) is 30.7 Å². The molecule has 1 aliphatic rings. The first kappa shape index (κ1) is 26.4. The van der Waals surface area contributed by atoms with E-state index in [1.165, 1.54) is 32.4 Å². The number of esters is 2. The van der Waals surface area contributed by atoms with E-state index in [4.69, 9.17) is 9.47 Å². The van der Waals surface area contributed by atoms with Gasteiger partial charge in [0.15, 0.2) is 0 Å². The van der Waals surface area contributed by atoms with Crippen LogP contribution in [0.2, 0.25) is 0 Å². The number of sulfonamides is 1. The largest absolute Gasteiger partial charge is 0.465 e. The van der Waals surface area contributed by atoms with Gasteiger partial charge in [-0.25, -0.2) is 22.7 Å². The van der Waals surface area contributed by atoms with Crippen molar-refractivity contribution in [1.82, 2.24) is 4.72 Å². The third-order valence-corrected chi connectivity index (χ3v) is 7.40. The summed E-state index contributed by atoms with van der Waals surface area (Å²) in [5, 5.41) is 2.67. The first-order valence-electron chi connectivity index (χ1n) is 11.4. The van der Waals surface area contributed by atoms with Crippen molar-refractivity contribution in [3.05, 3.63) is 59.2 Å². The van der Waals surface area contributed by atoms with Gasteiger partial charge in [-0.15, -0.1) is 0 Å². The van der Waals surface area contributed by atoms with E-state index < -0.39 is 22.0 Å². The van der Waals surface area contributed by atoms with Gasteiger partial charge in [0, 0.05) is 18.2 Å². The molecule has 2 aromatic carbocycles. The zero-order chi connectivity index (χ0) is 25.4. The Bertz CT molecular complexity index is 1140. The van der Waals surface area contributed by atoms with Gasteiger partial charge in [0.1, 0.15) is 0 Å². The van der Waals surface area contributed by atoms with E-state index in [-0.39, 0.29) is 40.1 Å². The van der Waals surface area contributed by atoms with Crippen LogP contribution in [0.1, 0.15) is 64.8 Å². The van der Waals surface area contributed by atoms with E-state index in [1.54, 1.807) is 24.3 Å². The highest BCUT2D eigenvalue weighted by atomic mass is 32.2. The summed E-state index contributed by atoms with van der Waals surface area (Å²) in [5.74, 6) is -1.64. The lowest BCUT2D eigenvalue weighted by Gasteiger charge is -2.22. The zero-order valence-electron chi connectivity index (χ0n) is 19.8. The smallest absolute Gasteiger partial charge is 0.337 e. The molecule has 0 atom stereocenters. The van der Waals surface area contributed by atoms with Gasteiger partial charge in [-0.2, -0.15) is 0 Å². The van der Waals surface area contributed by atoms with Gasteiger partial charge in [-0.05, 0) is 55.2 Å². The Morgan fingerprint density at radius 1 is 0.886 bits per heavy atom. The Kier molecular flexibility index (Phi) is 9.00. The molecule has 0 spiro atoms. The molecule has 9 nitrogen and oxygen atoms in total. The van der Waals surface area contributed by atoms with Crippen LogP contribution in [0.4, 0.5) is 5.69 Å². The highest BCUT2D eigenvalue weighted by molar-refractivity contribution is 7.89. The summed E-state index contributed by atoms with van der Waals surface area (Å²) in [6.07, 6.45) is 5.41. The quantitative estimate of drug-likeness (QED) is 0.503. The molecule has 3 rings (SSSR count). The van der Waals surface area contributed by atoms with Gasteiger partial charge < -0.3 is 14.8 Å². The first-order chi connectivity index (χ1) is 16.7. The molecule has 0 aromatic heterocycles. The summed E-state index contributed by atoms with van der Waals surface area (Å²) in [4.78, 5) is 36.5. The lowest BCUT2D eigenvalue weighted by atomic mass is 9.96. The van der Waals surface area contributed by atoms with Crippen molar-refractivity contribution in [3.8, 4) is 0 Å². The molecule has 1 fully saturated rings. The van der Waals surface area contributed by atoms with Crippen molar-refractivity contribution in [3.63, 3.8) is 0 Å². The normalized spacial score (nSPS) is 14.2. The van der Waals surface area contributed by atoms with Gasteiger partial charge in [0.25, 0.3) is 0 Å². The molecule has 0 aliphatic heterocycles. The van der Waals surface area contributed by atoms with Crippen LogP contribution in [0, 0.1) is 0 Å². The van der Waals surface area contributed by atoms with Crippen molar-refractivity contribution in [2.75, 3.05) is 19.5 Å². The Balaban J connectivity index is 1.60. The summed E-state index contributed by atoms with van der Waals surface area (Å²) in [6, 6.07) is 10.6. The number of anilines is 1. The molecule has 1 saturated carbocycles. The van der Waals surface area contributed by atoms with Gasteiger partial charge in [-0.3, -0.25) is 4.79 Å². The molecule has 2 aromatic rings. The molecule has 1 amide bonds. The Morgan fingerprint density at radius 3 is 2.00 bits per heavy atom. The monoisotopic (exact) mass is 502 g/mol. The number of hydrogen-bond donors (Lipinski definition) is 2. The van der Waals surface area contributed by atoms with E-state index in [2.05, 4.69) is 10.0 Å². The van der Waals surface area contributed by atoms with Crippen LogP contribution >= 0.6 is 0 Å². The second-order valence-corrected chi connectivity index (χ2v) is 10.1. The minimum atomic E-state index is -3.58. The van der Waals surface area contributed by atoms with Crippen molar-refractivity contribution < 1.29 is 32.3 Å². The Morgan fingerprint density at radius 2 is 1.46 bits per heavy atom. The molecular formula is C25H30N2O7S. The van der Waals surface area contributed by atoms with E-state index >= 15 is 0 Å². The third kappa shape index (κ3) is 7.37. The maximum atomic E-state index is 12.6. The van der Waals surface area contributed by atoms with Crippen molar-refractivity contribution in [1.29, 1.82) is 0 Å². The van der Waals surface area contributed by atoms with Crippen LogP contribution in [0.15, 0.2) is 47.4 Å². The van der Waals surface area contributed by atoms with Crippen LogP contribution in [0.25, 0.3) is 0 Å². The van der Waals surface area contributed by atoms with E-state index in [0.29, 0.717) is 6.42 Å². The summed E-state index contributed by atoms with van der Waals surface area (Å²) < 4.78 is 37.4. The SMILES string of the molecule is COC(=O)c1cc(NC(=O)CCc2ccc(S(=O)(=O)NC3CCCCC3)cc2)cc(C(=O)OC)c1. The van der Waals surface area contributed by atoms with Crippen LogP contribution in [-0.4, -0.2) is 46.5 Å². The number of aryl methyl sites for hydroxylation is 1. The zero-order valence-corrected chi connectivity index (χ0v) is 20.7. The fourth-order valence-corrected chi connectivity index (χ4v) is 5.30. The average molecular weight is 503 g/mol. The third-order valence-electron chi connectivity index (χ3n) is 5.86. The number of ether oxygens (including phenoxy) is 2. The molecular weight excluding hydrogens is 472 g/mol. The second-order valence-electron chi connectivity index (χ2n) is 8.43. The molecule has 1 aliphatic carbocycles. The van der Waals surface area contributed by atoms with Gasteiger partial charge in [0.05, 0.1) is 30.2 Å². The molecule has 10 heteroatoms. The summed E-state index contributed by atoms with van der Waals surface area (Å²) in [7, 11) is -1.15. The molecule has 0 heterocycles. The second kappa shape index (κ2) is 11.9. The molecule has 0 bridgehead atoms. The number of carbonyl (C=O) groups is 3. The highest BCUT2D eigenvalue weighted by Gasteiger charge is 2.22. The average Bonchev–Trinajstić information content (AvgIpc) is 2.86. The minimum absolute atomic E-state index is 0.0190. The predicted octanol–water partition coefficient (Wildman–Crippen LogP) is 3.44. The fourth-order valence-electron chi connectivity index (χ4n) is 4.00. The van der Waals surface area contributed by atoms with Crippen LogP contribution < -0.4 is 10.0 Å². The van der Waals surface area contributed by atoms with E-state index in [9.17, 15) is 22.8 Å². The summed E-state index contributed by atoms with van der Waals surface area (Å²) in [6.45, 7) is 0. The highest BCUT2D eigenvalue weighted by Crippen LogP contribution is 2.21. The lowest BCUT2D eigenvalue weighted by molar-refractivity contribution is -0.116. The summed E-state index contributed by atoms with van der Waals surface area (Å²) >= 11 is 0. The molecule has 0 saturated heterocycles. The van der Waals surface area contributed by atoms with E-state index in [0.717, 1.165) is 37.7 Å². The number of carbonyl (C=O) groups excluding carboxylic acids is 3.